The minimum absolute atomic E-state index is 0.469. The van der Waals surface area contributed by atoms with Gasteiger partial charge in [-0.3, -0.25) is 4.90 Å². The minimum atomic E-state index is 0.469. The first-order chi connectivity index (χ1) is 12.2. The van der Waals surface area contributed by atoms with E-state index in [-0.39, 0.29) is 0 Å². The fraction of sp³-hybridized carbons (Fsp3) is 0.850. The third-order valence-electron chi connectivity index (χ3n) is 6.90. The van der Waals surface area contributed by atoms with Crippen molar-refractivity contribution in [2.45, 2.75) is 45.6 Å². The maximum absolute atomic E-state index is 5.62. The molecule has 4 nitrogen and oxygen atoms in total. The van der Waals surface area contributed by atoms with E-state index in [1.165, 1.54) is 75.5 Å². The molecule has 2 aliphatic heterocycles. The molecule has 4 rings (SSSR count). The largest absolute Gasteiger partial charge is 0.384 e. The van der Waals surface area contributed by atoms with Crippen LogP contribution < -0.4 is 0 Å². The van der Waals surface area contributed by atoms with E-state index in [2.05, 4.69) is 27.1 Å². The lowest BCUT2D eigenvalue weighted by molar-refractivity contribution is 0.0281. The second kappa shape index (κ2) is 7.63. The summed E-state index contributed by atoms with van der Waals surface area (Å²) in [6.45, 7) is 10.4. The van der Waals surface area contributed by atoms with E-state index < -0.39 is 0 Å². The molecular formula is C20H33N3OS. The van der Waals surface area contributed by atoms with Crippen molar-refractivity contribution >= 4 is 11.3 Å². The van der Waals surface area contributed by atoms with Gasteiger partial charge >= 0.3 is 0 Å². The van der Waals surface area contributed by atoms with Gasteiger partial charge in [-0.05, 0) is 57.0 Å². The summed E-state index contributed by atoms with van der Waals surface area (Å²) >= 11 is 1.77. The number of likely N-dealkylation sites (tertiary alicyclic amines) is 2. The van der Waals surface area contributed by atoms with Crippen LogP contribution in [0.2, 0.25) is 0 Å². The van der Waals surface area contributed by atoms with Crippen LogP contribution >= 0.6 is 11.3 Å². The highest BCUT2D eigenvalue weighted by Gasteiger charge is 2.47. The Kier molecular flexibility index (Phi) is 5.46. The van der Waals surface area contributed by atoms with Gasteiger partial charge < -0.3 is 9.64 Å². The third-order valence-corrected chi connectivity index (χ3v) is 7.72. The van der Waals surface area contributed by atoms with Crippen LogP contribution in [0.5, 0.6) is 0 Å². The lowest BCUT2D eigenvalue weighted by atomic mass is 9.71. The van der Waals surface area contributed by atoms with Crippen molar-refractivity contribution < 1.29 is 4.74 Å². The summed E-state index contributed by atoms with van der Waals surface area (Å²) in [6, 6.07) is 0. The Morgan fingerprint density at radius 1 is 1.28 bits per heavy atom. The summed E-state index contributed by atoms with van der Waals surface area (Å²) in [6.07, 6.45) is 7.09. The van der Waals surface area contributed by atoms with Crippen molar-refractivity contribution in [2.75, 3.05) is 46.4 Å². The van der Waals surface area contributed by atoms with Gasteiger partial charge in [0.1, 0.15) is 0 Å². The molecule has 1 atom stereocenters. The Morgan fingerprint density at radius 2 is 2.08 bits per heavy atom. The van der Waals surface area contributed by atoms with Gasteiger partial charge in [0.2, 0.25) is 0 Å². The van der Waals surface area contributed by atoms with E-state index in [4.69, 9.17) is 4.74 Å². The molecule has 1 saturated carbocycles. The predicted molar refractivity (Wildman–Crippen MR) is 103 cm³/mol. The molecule has 1 aromatic heterocycles. The number of aromatic nitrogens is 1. The Morgan fingerprint density at radius 3 is 2.68 bits per heavy atom. The molecule has 25 heavy (non-hydrogen) atoms. The summed E-state index contributed by atoms with van der Waals surface area (Å²) in [5.74, 6) is 1.68. The monoisotopic (exact) mass is 363 g/mol. The lowest BCUT2D eigenvalue weighted by Crippen LogP contribution is -2.46. The number of methoxy groups -OCH3 is 1. The van der Waals surface area contributed by atoms with Gasteiger partial charge in [-0.25, -0.2) is 4.98 Å². The molecule has 0 N–H and O–H groups in total. The smallest absolute Gasteiger partial charge is 0.0897 e. The van der Waals surface area contributed by atoms with Gasteiger partial charge in [0.25, 0.3) is 0 Å². The molecule has 0 aromatic carbocycles. The molecule has 5 heteroatoms. The van der Waals surface area contributed by atoms with E-state index >= 15 is 0 Å². The zero-order valence-electron chi connectivity index (χ0n) is 15.9. The summed E-state index contributed by atoms with van der Waals surface area (Å²) in [4.78, 5) is 10.1. The van der Waals surface area contributed by atoms with Crippen LogP contribution in [0.3, 0.4) is 0 Å². The Labute approximate surface area is 156 Å². The molecule has 2 saturated heterocycles. The number of hydrogen-bond donors (Lipinski definition) is 0. The number of piperidine rings is 1. The van der Waals surface area contributed by atoms with Gasteiger partial charge in [-0.2, -0.15) is 0 Å². The average Bonchev–Trinajstić information content (AvgIpc) is 3.10. The van der Waals surface area contributed by atoms with Gasteiger partial charge in [0, 0.05) is 44.6 Å². The van der Waals surface area contributed by atoms with Crippen molar-refractivity contribution in [1.82, 2.24) is 14.8 Å². The Balaban J connectivity index is 1.37. The molecule has 1 aliphatic carbocycles. The summed E-state index contributed by atoms with van der Waals surface area (Å²) < 4.78 is 5.62. The highest BCUT2D eigenvalue weighted by molar-refractivity contribution is 7.09. The molecule has 1 unspecified atom stereocenters. The normalized spacial score (nSPS) is 27.8. The highest BCUT2D eigenvalue weighted by Crippen LogP contribution is 2.45. The van der Waals surface area contributed by atoms with E-state index in [1.54, 1.807) is 11.3 Å². The number of aryl methyl sites for hydroxylation is 1. The van der Waals surface area contributed by atoms with Crippen molar-refractivity contribution in [3.63, 3.8) is 0 Å². The lowest BCUT2D eigenvalue weighted by Gasteiger charge is -2.44. The number of hydrogen-bond acceptors (Lipinski definition) is 5. The number of thiazole rings is 1. The molecule has 1 spiro atoms. The number of nitrogens with zero attached hydrogens (tertiary/aromatic N) is 3. The number of ether oxygens (including phenoxy) is 1. The second-order valence-corrected chi connectivity index (χ2v) is 9.70. The first kappa shape index (κ1) is 17.9. The standard InChI is InChI=1S/C20H33N3OS/c1-16-21-19(14-25-16)12-23-11-18(13-24-2)20(15-23)6-8-22(9-7-20)10-17-4-3-5-17/h14,17-18H,3-13,15H2,1-2H3. The maximum Gasteiger partial charge on any atom is 0.0897 e. The SMILES string of the molecule is COCC1CN(Cc2csc(C)n2)CC12CCN(CC1CCC1)CC2. The quantitative estimate of drug-likeness (QED) is 0.774. The van der Waals surface area contributed by atoms with E-state index in [0.29, 0.717) is 11.3 Å². The second-order valence-electron chi connectivity index (χ2n) is 8.64. The van der Waals surface area contributed by atoms with Gasteiger partial charge in [0.15, 0.2) is 0 Å². The average molecular weight is 364 g/mol. The van der Waals surface area contributed by atoms with Crippen LogP contribution in [0.4, 0.5) is 0 Å². The first-order valence-electron chi connectivity index (χ1n) is 10.0. The molecule has 1 aromatic rings. The maximum atomic E-state index is 5.62. The van der Waals surface area contributed by atoms with Crippen molar-refractivity contribution in [3.8, 4) is 0 Å². The molecule has 140 valence electrons. The molecule has 3 aliphatic rings. The fourth-order valence-corrected chi connectivity index (χ4v) is 5.80. The molecule has 0 bridgehead atoms. The molecule has 3 fully saturated rings. The highest BCUT2D eigenvalue weighted by atomic mass is 32.1. The van der Waals surface area contributed by atoms with Crippen molar-refractivity contribution in [3.05, 3.63) is 16.1 Å². The van der Waals surface area contributed by atoms with Crippen LogP contribution in [0, 0.1) is 24.2 Å². The zero-order chi connectivity index (χ0) is 17.3. The summed E-state index contributed by atoms with van der Waals surface area (Å²) in [5.41, 5.74) is 1.72. The molecule has 0 amide bonds. The van der Waals surface area contributed by atoms with Crippen molar-refractivity contribution in [1.29, 1.82) is 0 Å². The summed E-state index contributed by atoms with van der Waals surface area (Å²) in [7, 11) is 1.87. The minimum Gasteiger partial charge on any atom is -0.384 e. The molecule has 0 radical (unpaired) electrons. The van der Waals surface area contributed by atoms with Crippen LogP contribution in [-0.4, -0.2) is 61.2 Å². The Hall–Kier alpha value is -0.490. The zero-order valence-corrected chi connectivity index (χ0v) is 16.7. The topological polar surface area (TPSA) is 28.6 Å². The van der Waals surface area contributed by atoms with Gasteiger partial charge in [-0.15, -0.1) is 11.3 Å². The van der Waals surface area contributed by atoms with E-state index in [9.17, 15) is 0 Å². The third kappa shape index (κ3) is 3.95. The predicted octanol–water partition coefficient (Wildman–Crippen LogP) is 3.41. The molecular weight excluding hydrogens is 330 g/mol. The number of rotatable bonds is 6. The molecule has 3 heterocycles. The van der Waals surface area contributed by atoms with Crippen LogP contribution in [-0.2, 0) is 11.3 Å². The van der Waals surface area contributed by atoms with Crippen LogP contribution in [0.1, 0.15) is 42.8 Å². The van der Waals surface area contributed by atoms with Crippen LogP contribution in [0.15, 0.2) is 5.38 Å². The van der Waals surface area contributed by atoms with Crippen molar-refractivity contribution in [2.24, 2.45) is 17.3 Å². The Bertz CT molecular complexity index is 563. The fourth-order valence-electron chi connectivity index (χ4n) is 5.19. The van der Waals surface area contributed by atoms with Crippen LogP contribution in [0.25, 0.3) is 0 Å². The van der Waals surface area contributed by atoms with E-state index in [0.717, 1.165) is 19.1 Å². The summed E-state index contributed by atoms with van der Waals surface area (Å²) in [5, 5.41) is 3.41. The van der Waals surface area contributed by atoms with E-state index in [1.807, 2.05) is 7.11 Å². The van der Waals surface area contributed by atoms with Gasteiger partial charge in [-0.1, -0.05) is 6.42 Å². The van der Waals surface area contributed by atoms with Gasteiger partial charge in [0.05, 0.1) is 17.3 Å². The first-order valence-corrected chi connectivity index (χ1v) is 10.9.